The summed E-state index contributed by atoms with van der Waals surface area (Å²) in [5.41, 5.74) is 0.957. The van der Waals surface area contributed by atoms with Crippen molar-refractivity contribution in [3.05, 3.63) is 29.8 Å². The van der Waals surface area contributed by atoms with Crippen LogP contribution >= 0.6 is 0 Å². The van der Waals surface area contributed by atoms with Gasteiger partial charge in [-0.3, -0.25) is 0 Å². The van der Waals surface area contributed by atoms with Crippen LogP contribution in [0, 0.1) is 65.1 Å². The van der Waals surface area contributed by atoms with Crippen molar-refractivity contribution in [1.29, 1.82) is 0 Å². The van der Waals surface area contributed by atoms with E-state index in [1.807, 2.05) is 12.1 Å². The quantitative estimate of drug-likeness (QED) is 0.243. The molecule has 210 valence electrons. The summed E-state index contributed by atoms with van der Waals surface area (Å²) in [6.45, 7) is 33.2. The van der Waals surface area contributed by atoms with E-state index < -0.39 is 10.1 Å². The monoisotopic (exact) mass is 521 g/mol. The molecule has 0 fully saturated rings. The molecule has 0 aliphatic heterocycles. The lowest BCUT2D eigenvalue weighted by Crippen LogP contribution is -2.46. The molecule has 0 aromatic heterocycles. The lowest BCUT2D eigenvalue weighted by molar-refractivity contribution is 0.0458. The molecular weight excluding hydrogens is 464 g/mol. The molecule has 0 aliphatic carbocycles. The third kappa shape index (κ3) is 7.16. The number of hydrogen-bond acceptors (Lipinski definition) is 3. The molecule has 0 aliphatic rings. The van der Waals surface area contributed by atoms with Crippen LogP contribution in [-0.2, 0) is 15.5 Å². The van der Waals surface area contributed by atoms with Gasteiger partial charge >= 0.3 is 0 Å². The van der Waals surface area contributed by atoms with Crippen LogP contribution in [0.15, 0.2) is 29.2 Å². The molecular formula is C32H57O3S-. The predicted octanol–water partition coefficient (Wildman–Crippen LogP) is 8.89. The molecule has 0 saturated carbocycles. The molecule has 3 nitrogen and oxygen atoms in total. The highest BCUT2D eigenvalue weighted by Crippen LogP contribution is 2.50. The van der Waals surface area contributed by atoms with Crippen molar-refractivity contribution >= 4 is 10.1 Å². The molecule has 1 aromatic rings. The number of rotatable bonds is 13. The topological polar surface area (TPSA) is 57.2 Å². The van der Waals surface area contributed by atoms with Crippen LogP contribution in [0.4, 0.5) is 0 Å². The van der Waals surface area contributed by atoms with Crippen LogP contribution in [0.3, 0.4) is 0 Å². The molecule has 0 saturated heterocycles. The van der Waals surface area contributed by atoms with Crippen molar-refractivity contribution in [3.8, 4) is 0 Å². The summed E-state index contributed by atoms with van der Waals surface area (Å²) >= 11 is 0. The predicted molar refractivity (Wildman–Crippen MR) is 154 cm³/mol. The Labute approximate surface area is 225 Å². The van der Waals surface area contributed by atoms with Gasteiger partial charge in [-0.15, -0.1) is 0 Å². The van der Waals surface area contributed by atoms with E-state index in [9.17, 15) is 13.0 Å². The van der Waals surface area contributed by atoms with Gasteiger partial charge in [-0.2, -0.15) is 0 Å². The second kappa shape index (κ2) is 12.8. The van der Waals surface area contributed by atoms with Crippen molar-refractivity contribution in [2.45, 2.75) is 107 Å². The molecule has 0 amide bonds. The summed E-state index contributed by atoms with van der Waals surface area (Å²) in [4.78, 5) is -0.149. The fourth-order valence-corrected chi connectivity index (χ4v) is 7.04. The van der Waals surface area contributed by atoms with E-state index in [4.69, 9.17) is 0 Å². The van der Waals surface area contributed by atoms with Crippen molar-refractivity contribution in [2.75, 3.05) is 0 Å². The molecule has 10 atom stereocenters. The van der Waals surface area contributed by atoms with Crippen LogP contribution in [0.1, 0.15) is 102 Å². The smallest absolute Gasteiger partial charge is 0.124 e. The highest BCUT2D eigenvalue weighted by atomic mass is 32.2. The Hall–Kier alpha value is -0.870. The van der Waals surface area contributed by atoms with Crippen LogP contribution in [-0.4, -0.2) is 13.0 Å². The molecule has 1 rings (SSSR count). The largest absolute Gasteiger partial charge is 0.744 e. The number of hydrogen-bond donors (Lipinski definition) is 0. The van der Waals surface area contributed by atoms with E-state index in [-0.39, 0.29) is 10.3 Å². The van der Waals surface area contributed by atoms with E-state index in [0.29, 0.717) is 65.1 Å². The van der Waals surface area contributed by atoms with Crippen LogP contribution in [0.25, 0.3) is 0 Å². The Morgan fingerprint density at radius 3 is 1.17 bits per heavy atom. The third-order valence-corrected chi connectivity index (χ3v) is 12.3. The average molecular weight is 522 g/mol. The van der Waals surface area contributed by atoms with Gasteiger partial charge in [-0.05, 0) is 88.2 Å². The van der Waals surface area contributed by atoms with Crippen LogP contribution in [0.2, 0.25) is 0 Å². The van der Waals surface area contributed by atoms with Crippen molar-refractivity contribution < 1.29 is 13.0 Å². The molecule has 0 heterocycles. The minimum absolute atomic E-state index is 0.149. The second-order valence-corrected chi connectivity index (χ2v) is 14.7. The highest BCUT2D eigenvalue weighted by molar-refractivity contribution is 7.85. The Bertz CT molecular complexity index is 904. The van der Waals surface area contributed by atoms with Gasteiger partial charge < -0.3 is 4.55 Å². The van der Waals surface area contributed by atoms with Gasteiger partial charge in [0.15, 0.2) is 0 Å². The van der Waals surface area contributed by atoms with Gasteiger partial charge in [0, 0.05) is 0 Å². The maximum atomic E-state index is 11.6. The SMILES string of the molecule is CC(C)C(C)C(C)C(C)C(C)C(C)C(C)(c1ccc(S(=O)(=O)[O-])cc1)C(C)C(C)C(C)C(C)C(C)C. The summed E-state index contributed by atoms with van der Waals surface area (Å²) in [6.07, 6.45) is 0. The van der Waals surface area contributed by atoms with Crippen LogP contribution in [0.5, 0.6) is 0 Å². The van der Waals surface area contributed by atoms with Gasteiger partial charge in [-0.25, -0.2) is 8.42 Å². The van der Waals surface area contributed by atoms with E-state index in [1.165, 1.54) is 12.1 Å². The summed E-state index contributed by atoms with van der Waals surface area (Å²) in [5.74, 6) is 5.92. The maximum Gasteiger partial charge on any atom is 0.124 e. The zero-order valence-electron chi connectivity index (χ0n) is 25.8. The maximum absolute atomic E-state index is 11.6. The van der Waals surface area contributed by atoms with Gasteiger partial charge in [0.2, 0.25) is 0 Å². The van der Waals surface area contributed by atoms with Gasteiger partial charge in [0.1, 0.15) is 10.1 Å². The Kier molecular flexibility index (Phi) is 11.8. The van der Waals surface area contributed by atoms with Gasteiger partial charge in [-0.1, -0.05) is 109 Å². The second-order valence-electron chi connectivity index (χ2n) is 13.3. The zero-order chi connectivity index (χ0) is 28.3. The summed E-state index contributed by atoms with van der Waals surface area (Å²) in [6, 6.07) is 6.83. The number of benzene rings is 1. The molecule has 0 N–H and O–H groups in total. The Morgan fingerprint density at radius 2 is 0.861 bits per heavy atom. The first kappa shape index (κ1) is 33.2. The van der Waals surface area contributed by atoms with Crippen molar-refractivity contribution in [2.24, 2.45) is 65.1 Å². The zero-order valence-corrected chi connectivity index (χ0v) is 26.6. The first-order valence-corrected chi connectivity index (χ1v) is 15.8. The lowest BCUT2D eigenvalue weighted by Gasteiger charge is -2.50. The van der Waals surface area contributed by atoms with Gasteiger partial charge in [0.25, 0.3) is 0 Å². The molecule has 0 radical (unpaired) electrons. The van der Waals surface area contributed by atoms with E-state index in [0.717, 1.165) is 5.56 Å². The summed E-state index contributed by atoms with van der Waals surface area (Å²) in [5, 5.41) is 0. The first-order chi connectivity index (χ1) is 16.3. The Morgan fingerprint density at radius 1 is 0.556 bits per heavy atom. The van der Waals surface area contributed by atoms with Crippen molar-refractivity contribution in [3.63, 3.8) is 0 Å². The van der Waals surface area contributed by atoms with E-state index >= 15 is 0 Å². The summed E-state index contributed by atoms with van der Waals surface area (Å²) in [7, 11) is -4.46. The minimum Gasteiger partial charge on any atom is -0.744 e. The fraction of sp³-hybridized carbons (Fsp3) is 0.812. The van der Waals surface area contributed by atoms with Crippen LogP contribution < -0.4 is 0 Å². The standard InChI is InChI=1S/C32H58O3S/c1-19(2)21(5)23(7)25(9)27(11)29(13)32(14,28(12)26(10)24(8)22(6)20(3)4)30-15-17-31(18-16-30)36(33,34)35/h15-29H,1-14H3,(H,33,34,35)/p-1. The molecule has 0 bridgehead atoms. The highest BCUT2D eigenvalue weighted by Gasteiger charge is 2.46. The molecule has 0 spiro atoms. The van der Waals surface area contributed by atoms with Crippen molar-refractivity contribution in [1.82, 2.24) is 0 Å². The Balaban J connectivity index is 3.58. The fourth-order valence-electron chi connectivity index (χ4n) is 6.57. The molecule has 10 unspecified atom stereocenters. The third-order valence-electron chi connectivity index (χ3n) is 11.5. The molecule has 1 aromatic carbocycles. The normalized spacial score (nSPS) is 22.2. The first-order valence-electron chi connectivity index (χ1n) is 14.4. The summed E-state index contributed by atoms with van der Waals surface area (Å²) < 4.78 is 34.9. The minimum atomic E-state index is -4.46. The molecule has 36 heavy (non-hydrogen) atoms. The lowest BCUT2D eigenvalue weighted by atomic mass is 9.54. The van der Waals surface area contributed by atoms with E-state index in [1.54, 1.807) is 0 Å². The van der Waals surface area contributed by atoms with E-state index in [2.05, 4.69) is 96.9 Å². The van der Waals surface area contributed by atoms with Gasteiger partial charge in [0.05, 0.1) is 4.90 Å². The average Bonchev–Trinajstić information content (AvgIpc) is 2.83. The molecule has 4 heteroatoms.